The van der Waals surface area contributed by atoms with Crippen molar-refractivity contribution >= 4 is 17.4 Å². The van der Waals surface area contributed by atoms with Crippen LogP contribution in [0.1, 0.15) is 49.1 Å². The van der Waals surface area contributed by atoms with Crippen molar-refractivity contribution in [3.8, 4) is 11.6 Å². The molecule has 5 rings (SSSR count). The second kappa shape index (κ2) is 11.9. The molecule has 1 saturated heterocycles. The molecule has 2 aliphatic rings. The maximum atomic E-state index is 14.9. The fraction of sp³-hybridized carbons (Fsp3) is 0.429. The van der Waals surface area contributed by atoms with Gasteiger partial charge in [0.2, 0.25) is 11.5 Å². The van der Waals surface area contributed by atoms with Gasteiger partial charge in [-0.2, -0.15) is 26.3 Å². The van der Waals surface area contributed by atoms with Gasteiger partial charge >= 0.3 is 12.4 Å². The first-order valence-corrected chi connectivity index (χ1v) is 13.6. The smallest absolute Gasteiger partial charge is 0.416 e. The Kier molecular flexibility index (Phi) is 8.36. The normalized spacial score (nSPS) is 21.3. The van der Waals surface area contributed by atoms with Gasteiger partial charge in [0.25, 0.3) is 11.8 Å². The molecule has 1 aromatic carbocycles. The molecule has 2 aliphatic heterocycles. The van der Waals surface area contributed by atoms with Crippen molar-refractivity contribution < 1.29 is 40.3 Å². The number of pyridine rings is 1. The Bertz CT molecular complexity index is 1470. The van der Waals surface area contributed by atoms with Crippen LogP contribution < -0.4 is 11.1 Å². The van der Waals surface area contributed by atoms with Crippen LogP contribution in [0.15, 0.2) is 53.0 Å². The number of hydrogen-bond acceptors (Lipinski definition) is 8. The van der Waals surface area contributed by atoms with Gasteiger partial charge in [0.05, 0.1) is 17.9 Å². The van der Waals surface area contributed by atoms with E-state index in [-0.39, 0.29) is 12.8 Å². The van der Waals surface area contributed by atoms with Crippen molar-refractivity contribution in [2.45, 2.75) is 62.7 Å². The zero-order valence-electron chi connectivity index (χ0n) is 22.7. The topological polar surface area (TPSA) is 119 Å². The predicted octanol–water partition coefficient (Wildman–Crippen LogP) is 5.85. The first-order chi connectivity index (χ1) is 20.4. The Morgan fingerprint density at radius 1 is 1.09 bits per heavy atom. The minimum absolute atomic E-state index is 0.115. The molecule has 0 spiro atoms. The van der Waals surface area contributed by atoms with E-state index in [4.69, 9.17) is 14.9 Å². The lowest BCUT2D eigenvalue weighted by atomic mass is 9.95. The third kappa shape index (κ3) is 6.31. The third-order valence-corrected chi connectivity index (χ3v) is 7.34. The zero-order valence-corrected chi connectivity index (χ0v) is 22.7. The van der Waals surface area contributed by atoms with Crippen molar-refractivity contribution in [2.75, 3.05) is 24.1 Å². The van der Waals surface area contributed by atoms with E-state index in [2.05, 4.69) is 20.5 Å². The van der Waals surface area contributed by atoms with E-state index in [1.54, 1.807) is 30.3 Å². The highest BCUT2D eigenvalue weighted by molar-refractivity contribution is 5.85. The summed E-state index contributed by atoms with van der Waals surface area (Å²) in [7, 11) is 0. The standard InChI is InChI=1S/C28H28F6N6O3/c29-27(30,31)18-15-19(35)21-23-38-39-25(43-23)26(28(32,33)34,42-16-17-9-3-1-4-10-17)12-6-2-5-11-20(36-22(18)37-21)24(41)40-13-7-8-14-40/h1-5,9-10,15,20H,6-8,11-14,16,35H2,(H,36,37)/t20?,26-/m1/s1. The molecule has 1 fully saturated rings. The van der Waals surface area contributed by atoms with Crippen LogP contribution in [0.2, 0.25) is 0 Å². The minimum Gasteiger partial charge on any atom is -0.416 e. The maximum absolute atomic E-state index is 14.9. The molecule has 3 N–H and O–H groups in total. The summed E-state index contributed by atoms with van der Waals surface area (Å²) in [6.07, 6.45) is -6.61. The molecular formula is C28H28F6N6O3. The zero-order chi connectivity index (χ0) is 30.8. The summed E-state index contributed by atoms with van der Waals surface area (Å²) < 4.78 is 97.7. The highest BCUT2D eigenvalue weighted by Gasteiger charge is 2.61. The highest BCUT2D eigenvalue weighted by Crippen LogP contribution is 2.47. The van der Waals surface area contributed by atoms with Crippen LogP contribution >= 0.6 is 0 Å². The molecule has 2 aromatic heterocycles. The van der Waals surface area contributed by atoms with Gasteiger partial charge in [-0.15, -0.1) is 10.2 Å². The molecule has 1 unspecified atom stereocenters. The molecule has 9 nitrogen and oxygen atoms in total. The Morgan fingerprint density at radius 2 is 1.81 bits per heavy atom. The number of carbonyl (C=O) groups excluding carboxylic acids is 1. The molecule has 0 saturated carbocycles. The molecular weight excluding hydrogens is 582 g/mol. The largest absolute Gasteiger partial charge is 0.426 e. The number of amides is 1. The molecule has 3 aromatic rings. The summed E-state index contributed by atoms with van der Waals surface area (Å²) in [6.45, 7) is 0.415. The predicted molar refractivity (Wildman–Crippen MR) is 142 cm³/mol. The van der Waals surface area contributed by atoms with Crippen molar-refractivity contribution in [1.82, 2.24) is 20.1 Å². The van der Waals surface area contributed by atoms with E-state index in [1.165, 1.54) is 17.1 Å². The average Bonchev–Trinajstić information content (AvgIpc) is 3.66. The van der Waals surface area contributed by atoms with E-state index in [9.17, 15) is 31.1 Å². The van der Waals surface area contributed by atoms with Crippen LogP contribution in [-0.4, -0.2) is 51.3 Å². The molecule has 2 atom stereocenters. The van der Waals surface area contributed by atoms with Crippen LogP contribution in [0, 0.1) is 0 Å². The van der Waals surface area contributed by atoms with Gasteiger partial charge < -0.3 is 25.1 Å². The summed E-state index contributed by atoms with van der Waals surface area (Å²) in [5, 5.41) is 9.90. The van der Waals surface area contributed by atoms with Gasteiger partial charge in [-0.05, 0) is 43.7 Å². The number of alkyl halides is 6. The lowest BCUT2D eigenvalue weighted by molar-refractivity contribution is -0.299. The van der Waals surface area contributed by atoms with Crippen LogP contribution in [0.25, 0.3) is 11.6 Å². The fourth-order valence-corrected chi connectivity index (χ4v) is 5.06. The van der Waals surface area contributed by atoms with E-state index >= 15 is 0 Å². The number of hydrogen-bond donors (Lipinski definition) is 2. The highest BCUT2D eigenvalue weighted by atomic mass is 19.4. The summed E-state index contributed by atoms with van der Waals surface area (Å²) in [5.41, 5.74) is 0.963. The van der Waals surface area contributed by atoms with Crippen LogP contribution in [0.3, 0.4) is 0 Å². The molecule has 0 aliphatic carbocycles. The molecule has 4 heterocycles. The minimum atomic E-state index is -5.05. The van der Waals surface area contributed by atoms with Gasteiger partial charge in [0.1, 0.15) is 11.9 Å². The SMILES string of the molecule is Nc1cc(C(F)(F)F)c2nc1-c1nnc(o1)[C@@](OCc1ccccc1)(C(F)(F)F)CCC=CCC(C(=O)N1CCCC1)N2. The van der Waals surface area contributed by atoms with Gasteiger partial charge in [-0.25, -0.2) is 4.98 Å². The van der Waals surface area contributed by atoms with Crippen molar-refractivity contribution in [3.63, 3.8) is 0 Å². The third-order valence-electron chi connectivity index (χ3n) is 7.34. The van der Waals surface area contributed by atoms with Crippen LogP contribution in [-0.2, 0) is 27.9 Å². The second-order valence-electron chi connectivity index (χ2n) is 10.3. The monoisotopic (exact) mass is 610 g/mol. The molecule has 4 bridgehead atoms. The number of rotatable bonds is 4. The Labute approximate surface area is 242 Å². The van der Waals surface area contributed by atoms with E-state index in [0.29, 0.717) is 24.7 Å². The van der Waals surface area contributed by atoms with Crippen molar-refractivity contribution in [3.05, 3.63) is 65.6 Å². The molecule has 0 radical (unpaired) electrons. The summed E-state index contributed by atoms with van der Waals surface area (Å²) in [6, 6.07) is 7.54. The van der Waals surface area contributed by atoms with Gasteiger partial charge in [-0.1, -0.05) is 42.5 Å². The van der Waals surface area contributed by atoms with Crippen molar-refractivity contribution in [1.29, 1.82) is 0 Å². The number of aromatic nitrogens is 3. The summed E-state index contributed by atoms with van der Waals surface area (Å²) >= 11 is 0. The average molecular weight is 611 g/mol. The fourth-order valence-electron chi connectivity index (χ4n) is 5.06. The Hall–Kier alpha value is -4.14. The number of nitrogen functional groups attached to an aromatic ring is 1. The van der Waals surface area contributed by atoms with Gasteiger partial charge in [0, 0.05) is 13.1 Å². The van der Waals surface area contributed by atoms with E-state index in [0.717, 1.165) is 12.8 Å². The van der Waals surface area contributed by atoms with E-state index in [1.807, 2.05) is 0 Å². The number of halogens is 6. The number of nitrogens with zero attached hydrogens (tertiary/aromatic N) is 4. The Balaban J connectivity index is 1.62. The first kappa shape index (κ1) is 30.3. The molecule has 15 heteroatoms. The molecule has 43 heavy (non-hydrogen) atoms. The molecule has 230 valence electrons. The number of fused-ring (bicyclic) bond motifs is 5. The number of likely N-dealkylation sites (tertiary alicyclic amines) is 1. The van der Waals surface area contributed by atoms with Gasteiger partial charge in [-0.3, -0.25) is 4.79 Å². The second-order valence-corrected chi connectivity index (χ2v) is 10.3. The molecule has 1 amide bonds. The number of ether oxygens (including phenoxy) is 1. The lowest BCUT2D eigenvalue weighted by Gasteiger charge is -2.32. The quantitative estimate of drug-likeness (QED) is 0.279. The number of allylic oxidation sites excluding steroid dienone is 1. The van der Waals surface area contributed by atoms with Gasteiger partial charge in [0.15, 0.2) is 5.69 Å². The lowest BCUT2D eigenvalue weighted by Crippen LogP contribution is -2.45. The number of anilines is 2. The van der Waals surface area contributed by atoms with Crippen molar-refractivity contribution in [2.24, 2.45) is 0 Å². The van der Waals surface area contributed by atoms with Crippen LogP contribution in [0.4, 0.5) is 37.8 Å². The first-order valence-electron chi connectivity index (χ1n) is 13.6. The maximum Gasteiger partial charge on any atom is 0.426 e. The number of nitrogens with two attached hydrogens (primary N) is 1. The summed E-state index contributed by atoms with van der Waals surface area (Å²) in [5.74, 6) is -2.80. The number of benzene rings is 1. The Morgan fingerprint density at radius 3 is 2.49 bits per heavy atom. The van der Waals surface area contributed by atoms with Crippen LogP contribution in [0.5, 0.6) is 0 Å². The summed E-state index contributed by atoms with van der Waals surface area (Å²) in [4.78, 5) is 18.8. The van der Waals surface area contributed by atoms with E-state index < -0.39 is 77.5 Å². The number of carbonyl (C=O) groups is 1. The number of nitrogens with one attached hydrogen (secondary N) is 1.